The Morgan fingerprint density at radius 2 is 2.04 bits per heavy atom. The topological polar surface area (TPSA) is 58.6 Å². The van der Waals surface area contributed by atoms with Crippen LogP contribution in [0.15, 0.2) is 11.8 Å². The van der Waals surface area contributed by atoms with Gasteiger partial charge in [-0.15, -0.1) is 0 Å². The maximum atomic E-state index is 12.6. The fraction of sp³-hybridized carbons (Fsp3) is 0.800. The third-order valence-corrected chi connectivity index (χ3v) is 6.48. The number of carbonyl (C=O) groups is 2. The Morgan fingerprint density at radius 3 is 2.80 bits per heavy atom. The van der Waals surface area contributed by atoms with E-state index in [4.69, 9.17) is 4.74 Å². The lowest BCUT2D eigenvalue weighted by molar-refractivity contribution is -0.134. The lowest BCUT2D eigenvalue weighted by Crippen LogP contribution is -2.51. The second kappa shape index (κ2) is 7.10. The molecule has 0 spiro atoms. The van der Waals surface area contributed by atoms with E-state index in [9.17, 15) is 9.59 Å². The molecule has 5 heteroatoms. The SMILES string of the molecule is O=C(NCC12CCCC=C1N(CC1CC1)C(=O)CC2)C1CCOCC1. The first kappa shape index (κ1) is 17.1. The van der Waals surface area contributed by atoms with Crippen LogP contribution in [0.4, 0.5) is 0 Å². The van der Waals surface area contributed by atoms with Crippen LogP contribution in [0, 0.1) is 17.3 Å². The van der Waals surface area contributed by atoms with E-state index in [1.165, 1.54) is 18.5 Å². The maximum Gasteiger partial charge on any atom is 0.226 e. The number of hydrogen-bond donors (Lipinski definition) is 1. The zero-order chi connectivity index (χ0) is 17.3. The quantitative estimate of drug-likeness (QED) is 0.832. The van der Waals surface area contributed by atoms with Crippen LogP contribution in [0.5, 0.6) is 0 Å². The number of likely N-dealkylation sites (tertiary alicyclic amines) is 1. The van der Waals surface area contributed by atoms with Gasteiger partial charge in [-0.3, -0.25) is 9.59 Å². The molecule has 0 aromatic rings. The summed E-state index contributed by atoms with van der Waals surface area (Å²) in [6.07, 6.45) is 11.2. The lowest BCUT2D eigenvalue weighted by atomic mass is 9.69. The first-order valence-corrected chi connectivity index (χ1v) is 10.0. The molecule has 5 nitrogen and oxygen atoms in total. The lowest BCUT2D eigenvalue weighted by Gasteiger charge is -2.47. The molecule has 25 heavy (non-hydrogen) atoms. The highest BCUT2D eigenvalue weighted by Gasteiger charge is 2.45. The van der Waals surface area contributed by atoms with E-state index in [0.29, 0.717) is 32.1 Å². The van der Waals surface area contributed by atoms with Crippen molar-refractivity contribution in [2.75, 3.05) is 26.3 Å². The van der Waals surface area contributed by atoms with Crippen LogP contribution in [0.1, 0.15) is 57.8 Å². The summed E-state index contributed by atoms with van der Waals surface area (Å²) in [7, 11) is 0. The van der Waals surface area contributed by atoms with Crippen molar-refractivity contribution < 1.29 is 14.3 Å². The van der Waals surface area contributed by atoms with Crippen molar-refractivity contribution in [3.05, 3.63) is 11.8 Å². The minimum atomic E-state index is -0.0259. The van der Waals surface area contributed by atoms with Gasteiger partial charge in [-0.2, -0.15) is 0 Å². The Labute approximate surface area is 150 Å². The van der Waals surface area contributed by atoms with Crippen molar-refractivity contribution in [3.8, 4) is 0 Å². The van der Waals surface area contributed by atoms with Crippen LogP contribution < -0.4 is 5.32 Å². The minimum absolute atomic E-state index is 0.0259. The van der Waals surface area contributed by atoms with E-state index in [1.807, 2.05) is 0 Å². The predicted octanol–water partition coefficient (Wildman–Crippen LogP) is 2.62. The highest BCUT2D eigenvalue weighted by molar-refractivity contribution is 5.81. The smallest absolute Gasteiger partial charge is 0.226 e. The molecular weight excluding hydrogens is 316 g/mol. The van der Waals surface area contributed by atoms with E-state index in [-0.39, 0.29) is 23.1 Å². The van der Waals surface area contributed by atoms with Crippen molar-refractivity contribution >= 4 is 11.8 Å². The van der Waals surface area contributed by atoms with Crippen LogP contribution >= 0.6 is 0 Å². The Hall–Kier alpha value is -1.36. The van der Waals surface area contributed by atoms with Crippen LogP contribution in [0.3, 0.4) is 0 Å². The van der Waals surface area contributed by atoms with Crippen LogP contribution in [0.25, 0.3) is 0 Å². The summed E-state index contributed by atoms with van der Waals surface area (Å²) in [5, 5.41) is 3.24. The number of allylic oxidation sites excluding steroid dienone is 1. The normalized spacial score (nSPS) is 30.6. The molecule has 2 aliphatic carbocycles. The zero-order valence-electron chi connectivity index (χ0n) is 15.1. The number of piperidine rings is 1. The van der Waals surface area contributed by atoms with Crippen LogP contribution in [0.2, 0.25) is 0 Å². The zero-order valence-corrected chi connectivity index (χ0v) is 15.1. The first-order valence-electron chi connectivity index (χ1n) is 10.0. The molecule has 2 heterocycles. The largest absolute Gasteiger partial charge is 0.381 e. The molecule has 4 aliphatic rings. The molecule has 2 aliphatic heterocycles. The highest BCUT2D eigenvalue weighted by Crippen LogP contribution is 2.47. The minimum Gasteiger partial charge on any atom is -0.381 e. The van der Waals surface area contributed by atoms with E-state index in [0.717, 1.165) is 45.1 Å². The molecule has 0 bridgehead atoms. The van der Waals surface area contributed by atoms with Crippen LogP contribution in [-0.2, 0) is 14.3 Å². The molecule has 3 fully saturated rings. The summed E-state index contributed by atoms with van der Waals surface area (Å²) in [6.45, 7) is 2.96. The third kappa shape index (κ3) is 3.62. The average molecular weight is 346 g/mol. The van der Waals surface area contributed by atoms with E-state index < -0.39 is 0 Å². The summed E-state index contributed by atoms with van der Waals surface area (Å²) in [5.41, 5.74) is 1.19. The molecule has 1 atom stereocenters. The Balaban J connectivity index is 1.45. The number of nitrogens with zero attached hydrogens (tertiary/aromatic N) is 1. The van der Waals surface area contributed by atoms with Gasteiger partial charge in [-0.25, -0.2) is 0 Å². The molecule has 0 aromatic heterocycles. The molecule has 1 N–H and O–H groups in total. The fourth-order valence-corrected chi connectivity index (χ4v) is 4.68. The molecule has 0 radical (unpaired) electrons. The van der Waals surface area contributed by atoms with Crippen molar-refractivity contribution in [1.82, 2.24) is 10.2 Å². The van der Waals surface area contributed by atoms with Gasteiger partial charge in [0.25, 0.3) is 0 Å². The Kier molecular flexibility index (Phi) is 4.85. The van der Waals surface area contributed by atoms with Crippen LogP contribution in [-0.4, -0.2) is 43.0 Å². The van der Waals surface area contributed by atoms with Gasteiger partial charge < -0.3 is 15.0 Å². The summed E-state index contributed by atoms with van der Waals surface area (Å²) in [5.74, 6) is 1.24. The summed E-state index contributed by atoms with van der Waals surface area (Å²) in [4.78, 5) is 27.2. The molecule has 138 valence electrons. The van der Waals surface area contributed by atoms with Gasteiger partial charge in [0.15, 0.2) is 0 Å². The van der Waals surface area contributed by atoms with Crippen molar-refractivity contribution in [3.63, 3.8) is 0 Å². The van der Waals surface area contributed by atoms with E-state index in [2.05, 4.69) is 16.3 Å². The van der Waals surface area contributed by atoms with E-state index >= 15 is 0 Å². The van der Waals surface area contributed by atoms with Gasteiger partial charge in [0.1, 0.15) is 0 Å². The number of amides is 2. The van der Waals surface area contributed by atoms with E-state index in [1.54, 1.807) is 0 Å². The molecule has 0 aromatic carbocycles. The van der Waals surface area contributed by atoms with Gasteiger partial charge in [-0.05, 0) is 57.3 Å². The molecule has 4 rings (SSSR count). The van der Waals surface area contributed by atoms with Gasteiger partial charge in [0.05, 0.1) is 0 Å². The number of carbonyl (C=O) groups excluding carboxylic acids is 2. The summed E-state index contributed by atoms with van der Waals surface area (Å²) >= 11 is 0. The Morgan fingerprint density at radius 1 is 1.24 bits per heavy atom. The third-order valence-electron chi connectivity index (χ3n) is 6.48. The second-order valence-electron chi connectivity index (χ2n) is 8.31. The summed E-state index contributed by atoms with van der Waals surface area (Å²) < 4.78 is 5.36. The standard InChI is InChI=1S/C20H30N2O3/c23-18-6-10-20(14-21-19(24)16-7-11-25-12-8-16)9-2-1-3-17(20)22(18)13-15-4-5-15/h3,15-16H,1-2,4-14H2,(H,21,24). The van der Waals surface area contributed by atoms with Crippen molar-refractivity contribution in [2.24, 2.45) is 17.3 Å². The molecule has 1 unspecified atom stereocenters. The number of nitrogens with one attached hydrogen (secondary N) is 1. The van der Waals surface area contributed by atoms with Gasteiger partial charge >= 0.3 is 0 Å². The number of ether oxygens (including phenoxy) is 1. The fourth-order valence-electron chi connectivity index (χ4n) is 4.68. The van der Waals surface area contributed by atoms with Gasteiger partial charge in [0.2, 0.25) is 11.8 Å². The number of fused-ring (bicyclic) bond motifs is 1. The first-order chi connectivity index (χ1) is 12.2. The predicted molar refractivity (Wildman–Crippen MR) is 94.6 cm³/mol. The highest BCUT2D eigenvalue weighted by atomic mass is 16.5. The maximum absolute atomic E-state index is 12.6. The number of rotatable bonds is 5. The monoisotopic (exact) mass is 346 g/mol. The van der Waals surface area contributed by atoms with Gasteiger partial charge in [-0.1, -0.05) is 6.08 Å². The van der Waals surface area contributed by atoms with Crippen molar-refractivity contribution in [1.29, 1.82) is 0 Å². The molecule has 1 saturated carbocycles. The molecule has 2 amide bonds. The molecular formula is C20H30N2O3. The summed E-state index contributed by atoms with van der Waals surface area (Å²) in [6, 6.07) is 0. The molecule has 2 saturated heterocycles. The van der Waals surface area contributed by atoms with Gasteiger partial charge in [0, 0.05) is 49.8 Å². The second-order valence-corrected chi connectivity index (χ2v) is 8.31. The number of hydrogen-bond acceptors (Lipinski definition) is 3. The van der Waals surface area contributed by atoms with Crippen molar-refractivity contribution in [2.45, 2.75) is 57.8 Å². The Bertz CT molecular complexity index is 563. The average Bonchev–Trinajstić information content (AvgIpc) is 3.47.